The molecule has 0 bridgehead atoms. The first-order chi connectivity index (χ1) is 10.1. The summed E-state index contributed by atoms with van der Waals surface area (Å²) in [6, 6.07) is 0. The molecule has 0 aromatic rings. The predicted octanol–water partition coefficient (Wildman–Crippen LogP) is 5.22. The molecule has 0 aliphatic carbocycles. The van der Waals surface area contributed by atoms with Gasteiger partial charge in [-0.15, -0.1) is 11.5 Å². The van der Waals surface area contributed by atoms with Gasteiger partial charge in [0.2, 0.25) is 0 Å². The van der Waals surface area contributed by atoms with E-state index in [0.29, 0.717) is 13.0 Å². The van der Waals surface area contributed by atoms with Gasteiger partial charge in [0, 0.05) is 18.4 Å². The van der Waals surface area contributed by atoms with Crippen LogP contribution in [0.25, 0.3) is 0 Å². The third-order valence-electron chi connectivity index (χ3n) is 4.16. The minimum atomic E-state index is -1.73. The molecule has 0 aliphatic rings. The Morgan fingerprint density at radius 2 is 1.57 bits per heavy atom. The lowest BCUT2D eigenvalue weighted by molar-refractivity contribution is 0.197. The van der Waals surface area contributed by atoms with Crippen LogP contribution < -0.4 is 0 Å². The van der Waals surface area contributed by atoms with Crippen molar-refractivity contribution in [1.29, 1.82) is 0 Å². The highest BCUT2D eigenvalue weighted by molar-refractivity contribution is 6.83. The number of aliphatic hydroxyl groups excluding tert-OH is 1. The van der Waals surface area contributed by atoms with E-state index in [9.17, 15) is 5.11 Å². The van der Waals surface area contributed by atoms with Crippen LogP contribution in [0.4, 0.5) is 0 Å². The van der Waals surface area contributed by atoms with E-state index in [4.69, 9.17) is 4.43 Å². The topological polar surface area (TPSA) is 29.5 Å². The first kappa shape index (κ1) is 22.7. The number of hydrogen-bond donors (Lipinski definition) is 1. The highest BCUT2D eigenvalue weighted by Gasteiger charge is 2.38. The quantitative estimate of drug-likeness (QED) is 0.402. The Morgan fingerprint density at radius 1 is 1.04 bits per heavy atom. The van der Waals surface area contributed by atoms with Crippen molar-refractivity contribution < 1.29 is 9.53 Å². The summed E-state index contributed by atoms with van der Waals surface area (Å²) in [5.41, 5.74) is 3.21. The first-order valence-electron chi connectivity index (χ1n) is 8.57. The lowest BCUT2D eigenvalue weighted by Crippen LogP contribution is -2.42. The molecular formula is C19H38O2Si2. The maximum absolute atomic E-state index is 10.1. The van der Waals surface area contributed by atoms with E-state index in [1.165, 1.54) is 0 Å². The zero-order valence-corrected chi connectivity index (χ0v) is 19.0. The van der Waals surface area contributed by atoms with E-state index in [0.717, 1.165) is 0 Å². The van der Waals surface area contributed by atoms with Gasteiger partial charge in [-0.1, -0.05) is 66.4 Å². The average Bonchev–Trinajstić information content (AvgIpc) is 2.31. The van der Waals surface area contributed by atoms with E-state index in [1.54, 1.807) is 0 Å². The highest BCUT2D eigenvalue weighted by Crippen LogP contribution is 2.37. The summed E-state index contributed by atoms with van der Waals surface area (Å²) in [5.74, 6) is 3.12. The van der Waals surface area contributed by atoms with Crippen LogP contribution >= 0.6 is 0 Å². The van der Waals surface area contributed by atoms with Crippen molar-refractivity contribution in [3.05, 3.63) is 12.2 Å². The van der Waals surface area contributed by atoms with Crippen LogP contribution in [0.1, 0.15) is 41.0 Å². The number of hydrogen-bond acceptors (Lipinski definition) is 2. The second kappa shape index (κ2) is 8.16. The average molecular weight is 355 g/mol. The van der Waals surface area contributed by atoms with E-state index < -0.39 is 22.5 Å². The fourth-order valence-electron chi connectivity index (χ4n) is 1.49. The Labute approximate surface area is 146 Å². The Hall–Kier alpha value is -0.346. The SMILES string of the molecule is CC(C)(/C=C/[C@H](O)CC#C[Si](C)(C)C)CO[Si](C)(C)C(C)(C)C. The van der Waals surface area contributed by atoms with Crippen LogP contribution in [-0.2, 0) is 4.43 Å². The Morgan fingerprint density at radius 3 is 2.00 bits per heavy atom. The molecule has 0 fully saturated rings. The van der Waals surface area contributed by atoms with Crippen LogP contribution in [0.2, 0.25) is 37.8 Å². The Kier molecular flexibility index (Phi) is 8.03. The first-order valence-corrected chi connectivity index (χ1v) is 15.0. The molecule has 0 aromatic carbocycles. The second-order valence-electron chi connectivity index (χ2n) is 9.72. The third-order valence-corrected chi connectivity index (χ3v) is 9.56. The van der Waals surface area contributed by atoms with Crippen molar-refractivity contribution in [2.75, 3.05) is 6.61 Å². The summed E-state index contributed by atoms with van der Waals surface area (Å²) in [6.45, 7) is 22.9. The zero-order chi connectivity index (χ0) is 18.5. The van der Waals surface area contributed by atoms with E-state index >= 15 is 0 Å². The maximum Gasteiger partial charge on any atom is 0.192 e. The summed E-state index contributed by atoms with van der Waals surface area (Å²) in [7, 11) is -3.07. The van der Waals surface area contributed by atoms with E-state index in [1.807, 2.05) is 6.08 Å². The molecule has 1 N–H and O–H groups in total. The monoisotopic (exact) mass is 354 g/mol. The van der Waals surface area contributed by atoms with Gasteiger partial charge in [-0.25, -0.2) is 0 Å². The molecule has 0 heterocycles. The van der Waals surface area contributed by atoms with Gasteiger partial charge in [-0.2, -0.15) is 0 Å². The van der Waals surface area contributed by atoms with Gasteiger partial charge in [-0.05, 0) is 18.1 Å². The summed E-state index contributed by atoms with van der Waals surface area (Å²) >= 11 is 0. The molecule has 134 valence electrons. The normalized spacial score (nSPS) is 15.4. The maximum atomic E-state index is 10.1. The lowest BCUT2D eigenvalue weighted by Gasteiger charge is -2.38. The molecule has 0 aliphatic heterocycles. The molecule has 2 nitrogen and oxygen atoms in total. The molecule has 4 heteroatoms. The Bertz CT molecular complexity index is 454. The van der Waals surface area contributed by atoms with Crippen LogP contribution in [-0.4, -0.2) is 34.2 Å². The van der Waals surface area contributed by atoms with Gasteiger partial charge in [0.1, 0.15) is 8.07 Å². The van der Waals surface area contributed by atoms with Gasteiger partial charge >= 0.3 is 0 Å². The minimum Gasteiger partial charge on any atom is -0.416 e. The van der Waals surface area contributed by atoms with Gasteiger partial charge in [0.25, 0.3) is 0 Å². The smallest absolute Gasteiger partial charge is 0.192 e. The van der Waals surface area contributed by atoms with Gasteiger partial charge in [0.15, 0.2) is 8.32 Å². The number of aliphatic hydroxyl groups is 1. The molecule has 0 saturated heterocycles. The van der Waals surface area contributed by atoms with Gasteiger partial charge < -0.3 is 9.53 Å². The van der Waals surface area contributed by atoms with Gasteiger partial charge in [-0.3, -0.25) is 0 Å². The van der Waals surface area contributed by atoms with E-state index in [2.05, 4.69) is 84.9 Å². The summed E-state index contributed by atoms with van der Waals surface area (Å²) in [6.07, 6.45) is 3.96. The summed E-state index contributed by atoms with van der Waals surface area (Å²) in [5, 5.41) is 10.3. The van der Waals surface area contributed by atoms with Crippen molar-refractivity contribution in [1.82, 2.24) is 0 Å². The van der Waals surface area contributed by atoms with Crippen LogP contribution in [0.15, 0.2) is 12.2 Å². The molecule has 0 amide bonds. The van der Waals surface area contributed by atoms with Crippen molar-refractivity contribution in [2.45, 2.75) is 84.9 Å². The lowest BCUT2D eigenvalue weighted by atomic mass is 9.93. The molecule has 0 aromatic heterocycles. The molecule has 0 saturated carbocycles. The Balaban J connectivity index is 4.58. The molecule has 0 radical (unpaired) electrons. The fraction of sp³-hybridized carbons (Fsp3) is 0.789. The highest BCUT2D eigenvalue weighted by atomic mass is 28.4. The largest absolute Gasteiger partial charge is 0.416 e. The third kappa shape index (κ3) is 10.2. The van der Waals surface area contributed by atoms with Crippen molar-refractivity contribution >= 4 is 16.4 Å². The number of rotatable bonds is 6. The van der Waals surface area contributed by atoms with Crippen molar-refractivity contribution in [3.63, 3.8) is 0 Å². The van der Waals surface area contributed by atoms with Crippen LogP contribution in [0.3, 0.4) is 0 Å². The van der Waals surface area contributed by atoms with Crippen molar-refractivity contribution in [2.24, 2.45) is 5.41 Å². The zero-order valence-electron chi connectivity index (χ0n) is 17.0. The fourth-order valence-corrected chi connectivity index (χ4v) is 3.29. The predicted molar refractivity (Wildman–Crippen MR) is 108 cm³/mol. The van der Waals surface area contributed by atoms with Crippen LogP contribution in [0.5, 0.6) is 0 Å². The molecule has 0 rings (SSSR count). The molecule has 23 heavy (non-hydrogen) atoms. The summed E-state index contributed by atoms with van der Waals surface area (Å²) < 4.78 is 6.30. The molecule has 0 spiro atoms. The minimum absolute atomic E-state index is 0.0806. The second-order valence-corrected chi connectivity index (χ2v) is 19.3. The standard InChI is InChI=1S/C19H38O2Si2/c1-18(2,3)23(9,10)21-16-19(4,5)14-13-17(20)12-11-15-22(6,7)8/h13-14,17,20H,12,16H2,1-10H3/b14-13+/t17-/m1/s1. The molecule has 0 unspecified atom stereocenters. The van der Waals surface area contributed by atoms with Gasteiger partial charge in [0.05, 0.1) is 6.10 Å². The molecule has 1 atom stereocenters. The van der Waals surface area contributed by atoms with Crippen LogP contribution in [0, 0.1) is 16.9 Å². The molecular weight excluding hydrogens is 316 g/mol. The van der Waals surface area contributed by atoms with Crippen molar-refractivity contribution in [3.8, 4) is 11.5 Å². The van der Waals surface area contributed by atoms with E-state index in [-0.39, 0.29) is 10.5 Å². The summed E-state index contributed by atoms with van der Waals surface area (Å²) in [4.78, 5) is 0.